The standard InChI is InChI=1S/C20H27N3O3/c1-5-13-11(2)14(6-7-20(13,3)4)23-18(24)15-8-12-9-16(19(25)26)21-10-17(12)22-15/h8-11,13-14,22H,5-7H2,1-4H3,(H,23,24)(H,25,26)/t11-,13-,14-/m0/s1. The molecule has 0 aliphatic heterocycles. The molecule has 1 aliphatic rings. The van der Waals surface area contributed by atoms with Crippen molar-refractivity contribution >= 4 is 22.8 Å². The van der Waals surface area contributed by atoms with Crippen LogP contribution in [0.2, 0.25) is 0 Å². The summed E-state index contributed by atoms with van der Waals surface area (Å²) in [6.45, 7) is 9.09. The second-order valence-electron chi connectivity index (χ2n) is 8.13. The predicted octanol–water partition coefficient (Wildman–Crippen LogP) is 3.84. The van der Waals surface area contributed by atoms with Gasteiger partial charge >= 0.3 is 5.97 Å². The number of rotatable bonds is 4. The van der Waals surface area contributed by atoms with Crippen molar-refractivity contribution in [3.8, 4) is 0 Å². The number of fused-ring (bicyclic) bond motifs is 1. The Bertz CT molecular complexity index is 840. The van der Waals surface area contributed by atoms with Crippen LogP contribution in [0.15, 0.2) is 18.3 Å². The van der Waals surface area contributed by atoms with E-state index in [-0.39, 0.29) is 17.6 Å². The number of H-pyrrole nitrogens is 1. The Morgan fingerprint density at radius 1 is 1.38 bits per heavy atom. The van der Waals surface area contributed by atoms with E-state index in [4.69, 9.17) is 5.11 Å². The molecule has 3 N–H and O–H groups in total. The molecule has 6 nitrogen and oxygen atoms in total. The number of carbonyl (C=O) groups excluding carboxylic acids is 1. The van der Waals surface area contributed by atoms with Gasteiger partial charge in [-0.1, -0.05) is 34.1 Å². The number of aromatic carboxylic acids is 1. The third kappa shape index (κ3) is 3.32. The molecule has 0 aromatic carbocycles. The first-order valence-corrected chi connectivity index (χ1v) is 9.26. The number of hydrogen-bond acceptors (Lipinski definition) is 3. The van der Waals surface area contributed by atoms with Crippen molar-refractivity contribution in [1.29, 1.82) is 0 Å². The summed E-state index contributed by atoms with van der Waals surface area (Å²) in [6.07, 6.45) is 4.63. The van der Waals surface area contributed by atoms with Gasteiger partial charge in [0.1, 0.15) is 11.4 Å². The Hall–Kier alpha value is -2.37. The molecule has 2 heterocycles. The van der Waals surface area contributed by atoms with Crippen molar-refractivity contribution in [2.45, 2.75) is 53.0 Å². The number of nitrogens with one attached hydrogen (secondary N) is 2. The van der Waals surface area contributed by atoms with E-state index in [2.05, 4.69) is 43.0 Å². The van der Waals surface area contributed by atoms with Crippen molar-refractivity contribution in [3.63, 3.8) is 0 Å². The van der Waals surface area contributed by atoms with E-state index in [1.807, 2.05) is 0 Å². The topological polar surface area (TPSA) is 95.1 Å². The third-order valence-corrected chi connectivity index (χ3v) is 6.10. The number of carbonyl (C=O) groups is 2. The molecular weight excluding hydrogens is 330 g/mol. The van der Waals surface area contributed by atoms with E-state index in [1.165, 1.54) is 12.3 Å². The maximum absolute atomic E-state index is 12.7. The van der Waals surface area contributed by atoms with Gasteiger partial charge in [-0.3, -0.25) is 4.79 Å². The van der Waals surface area contributed by atoms with Gasteiger partial charge < -0.3 is 15.4 Å². The zero-order chi connectivity index (χ0) is 19.1. The molecule has 0 radical (unpaired) electrons. The van der Waals surface area contributed by atoms with Crippen LogP contribution in [-0.4, -0.2) is 33.0 Å². The maximum Gasteiger partial charge on any atom is 0.354 e. The molecule has 1 saturated carbocycles. The lowest BCUT2D eigenvalue weighted by atomic mass is 9.61. The van der Waals surface area contributed by atoms with E-state index in [0.717, 1.165) is 19.3 Å². The number of pyridine rings is 1. The smallest absolute Gasteiger partial charge is 0.354 e. The highest BCUT2D eigenvalue weighted by atomic mass is 16.4. The molecule has 1 amide bonds. The number of aromatic nitrogens is 2. The van der Waals surface area contributed by atoms with Crippen molar-refractivity contribution in [3.05, 3.63) is 29.7 Å². The summed E-state index contributed by atoms with van der Waals surface area (Å²) in [5, 5.41) is 12.9. The molecule has 2 aromatic heterocycles. The normalized spacial score (nSPS) is 25.2. The Morgan fingerprint density at radius 3 is 2.77 bits per heavy atom. The van der Waals surface area contributed by atoms with Crippen LogP contribution in [0.5, 0.6) is 0 Å². The Morgan fingerprint density at radius 2 is 2.12 bits per heavy atom. The van der Waals surface area contributed by atoms with Gasteiger partial charge in [-0.25, -0.2) is 9.78 Å². The zero-order valence-electron chi connectivity index (χ0n) is 15.8. The summed E-state index contributed by atoms with van der Waals surface area (Å²) in [7, 11) is 0. The van der Waals surface area contributed by atoms with E-state index < -0.39 is 5.97 Å². The molecule has 2 aromatic rings. The van der Waals surface area contributed by atoms with Crippen LogP contribution in [-0.2, 0) is 0 Å². The molecule has 0 unspecified atom stereocenters. The Labute approximate surface area is 153 Å². The lowest BCUT2D eigenvalue weighted by Crippen LogP contribution is -2.49. The molecule has 3 rings (SSSR count). The zero-order valence-corrected chi connectivity index (χ0v) is 15.8. The summed E-state index contributed by atoms with van der Waals surface area (Å²) < 4.78 is 0. The van der Waals surface area contributed by atoms with Gasteiger partial charge in [0.05, 0.1) is 11.7 Å². The highest BCUT2D eigenvalue weighted by Crippen LogP contribution is 2.45. The number of aromatic amines is 1. The minimum Gasteiger partial charge on any atom is -0.477 e. The van der Waals surface area contributed by atoms with Crippen LogP contribution in [0.3, 0.4) is 0 Å². The molecule has 1 aliphatic carbocycles. The maximum atomic E-state index is 12.7. The second kappa shape index (κ2) is 6.74. The van der Waals surface area contributed by atoms with E-state index in [1.54, 1.807) is 6.07 Å². The van der Waals surface area contributed by atoms with Crippen molar-refractivity contribution in [1.82, 2.24) is 15.3 Å². The Balaban J connectivity index is 1.77. The average Bonchev–Trinajstić information content (AvgIpc) is 3.00. The van der Waals surface area contributed by atoms with Crippen LogP contribution in [0.4, 0.5) is 0 Å². The van der Waals surface area contributed by atoms with E-state index >= 15 is 0 Å². The Kier molecular flexibility index (Phi) is 4.78. The minimum absolute atomic E-state index is 0.0302. The van der Waals surface area contributed by atoms with Crippen LogP contribution in [0.25, 0.3) is 10.9 Å². The van der Waals surface area contributed by atoms with Gasteiger partial charge in [0.2, 0.25) is 0 Å². The van der Waals surface area contributed by atoms with E-state index in [0.29, 0.717) is 33.8 Å². The van der Waals surface area contributed by atoms with Gasteiger partial charge in [-0.15, -0.1) is 0 Å². The molecule has 0 spiro atoms. The largest absolute Gasteiger partial charge is 0.477 e. The summed E-state index contributed by atoms with van der Waals surface area (Å²) in [5.74, 6) is -0.239. The van der Waals surface area contributed by atoms with Gasteiger partial charge in [0.15, 0.2) is 0 Å². The van der Waals surface area contributed by atoms with Gasteiger partial charge in [0.25, 0.3) is 5.91 Å². The molecule has 1 fully saturated rings. The van der Waals surface area contributed by atoms with Crippen molar-refractivity contribution < 1.29 is 14.7 Å². The second-order valence-corrected chi connectivity index (χ2v) is 8.13. The molecule has 0 bridgehead atoms. The van der Waals surface area contributed by atoms with Gasteiger partial charge in [0, 0.05) is 11.4 Å². The first-order valence-electron chi connectivity index (χ1n) is 9.26. The molecule has 26 heavy (non-hydrogen) atoms. The van der Waals surface area contributed by atoms with Crippen LogP contribution in [0.1, 0.15) is 67.9 Å². The predicted molar refractivity (Wildman–Crippen MR) is 100 cm³/mol. The van der Waals surface area contributed by atoms with Crippen LogP contribution < -0.4 is 5.32 Å². The quantitative estimate of drug-likeness (QED) is 0.775. The number of amides is 1. The van der Waals surface area contributed by atoms with Gasteiger partial charge in [-0.05, 0) is 42.2 Å². The SMILES string of the molecule is CC[C@H]1[C@H](C)[C@@H](NC(=O)c2cc3cc(C(=O)O)ncc3[nH]2)CCC1(C)C. The summed E-state index contributed by atoms with van der Waals surface area (Å²) in [5.41, 5.74) is 1.37. The first-order chi connectivity index (χ1) is 12.2. The summed E-state index contributed by atoms with van der Waals surface area (Å²) in [6, 6.07) is 3.32. The molecule has 3 atom stereocenters. The minimum atomic E-state index is -1.08. The fraction of sp³-hybridized carbons (Fsp3) is 0.550. The fourth-order valence-corrected chi connectivity index (χ4v) is 4.61. The van der Waals surface area contributed by atoms with Crippen molar-refractivity contribution in [2.24, 2.45) is 17.3 Å². The molecule has 6 heteroatoms. The summed E-state index contributed by atoms with van der Waals surface area (Å²) in [4.78, 5) is 30.7. The number of hydrogen-bond donors (Lipinski definition) is 3. The summed E-state index contributed by atoms with van der Waals surface area (Å²) >= 11 is 0. The van der Waals surface area contributed by atoms with Crippen LogP contribution in [0, 0.1) is 17.3 Å². The average molecular weight is 357 g/mol. The van der Waals surface area contributed by atoms with Crippen LogP contribution >= 0.6 is 0 Å². The number of nitrogens with zero attached hydrogens (tertiary/aromatic N) is 1. The first kappa shape index (κ1) is 18.4. The van der Waals surface area contributed by atoms with Crippen molar-refractivity contribution in [2.75, 3.05) is 0 Å². The molecule has 0 saturated heterocycles. The lowest BCUT2D eigenvalue weighted by molar-refractivity contribution is 0.0482. The fourth-order valence-electron chi connectivity index (χ4n) is 4.61. The van der Waals surface area contributed by atoms with E-state index in [9.17, 15) is 9.59 Å². The third-order valence-electron chi connectivity index (χ3n) is 6.10. The molecular formula is C20H27N3O3. The monoisotopic (exact) mass is 357 g/mol. The highest BCUT2D eigenvalue weighted by molar-refractivity contribution is 5.99. The van der Waals surface area contributed by atoms with Gasteiger partial charge in [-0.2, -0.15) is 0 Å². The molecule has 140 valence electrons. The number of carboxylic acid groups (broad SMARTS) is 1. The lowest BCUT2D eigenvalue weighted by Gasteiger charge is -2.47. The highest BCUT2D eigenvalue weighted by Gasteiger charge is 2.41. The number of carboxylic acids is 1.